The third-order valence-electron chi connectivity index (χ3n) is 4.93. The molecule has 6 heteroatoms. The highest BCUT2D eigenvalue weighted by Crippen LogP contribution is 2.41. The number of nitrogens with one attached hydrogen (secondary N) is 1. The number of nitrogens with zero attached hydrogens (tertiary/aromatic N) is 2. The summed E-state index contributed by atoms with van der Waals surface area (Å²) in [5.41, 5.74) is 4.18. The summed E-state index contributed by atoms with van der Waals surface area (Å²) in [5.74, 6) is 0.334. The number of aryl methyl sites for hydroxylation is 1. The van der Waals surface area contributed by atoms with Crippen molar-refractivity contribution in [1.29, 1.82) is 0 Å². The van der Waals surface area contributed by atoms with Crippen molar-refractivity contribution < 1.29 is 14.3 Å². The highest BCUT2D eigenvalue weighted by molar-refractivity contribution is 6.01. The molecule has 1 aliphatic carbocycles. The second-order valence-electron chi connectivity index (χ2n) is 6.68. The molecule has 0 fully saturated rings. The molecule has 0 amide bonds. The molecule has 4 rings (SSSR count). The lowest BCUT2D eigenvalue weighted by Crippen LogP contribution is -2.31. The van der Waals surface area contributed by atoms with Crippen LogP contribution in [0.15, 0.2) is 41.7 Å². The van der Waals surface area contributed by atoms with Gasteiger partial charge in [-0.1, -0.05) is 29.8 Å². The van der Waals surface area contributed by atoms with Crippen molar-refractivity contribution in [3.8, 4) is 0 Å². The average molecular weight is 351 g/mol. The fraction of sp³-hybridized carbons (Fsp3) is 0.350. The van der Waals surface area contributed by atoms with Crippen molar-refractivity contribution >= 4 is 17.6 Å². The van der Waals surface area contributed by atoms with E-state index in [0.29, 0.717) is 24.4 Å². The van der Waals surface area contributed by atoms with Gasteiger partial charge >= 0.3 is 5.97 Å². The molecule has 2 heterocycles. The highest BCUT2D eigenvalue weighted by atomic mass is 16.5. The Morgan fingerprint density at radius 1 is 1.31 bits per heavy atom. The minimum absolute atomic E-state index is 0.142. The molecule has 134 valence electrons. The molecule has 1 aromatic heterocycles. The molecule has 26 heavy (non-hydrogen) atoms. The minimum atomic E-state index is -0.407. The Labute approximate surface area is 151 Å². The van der Waals surface area contributed by atoms with E-state index in [1.807, 2.05) is 31.2 Å². The Morgan fingerprint density at radius 2 is 2.08 bits per heavy atom. The van der Waals surface area contributed by atoms with E-state index in [-0.39, 0.29) is 11.8 Å². The Hall–Kier alpha value is -2.89. The van der Waals surface area contributed by atoms with Crippen molar-refractivity contribution in [2.45, 2.75) is 39.2 Å². The number of benzene rings is 1. The van der Waals surface area contributed by atoms with Crippen LogP contribution in [0.2, 0.25) is 0 Å². The molecule has 1 unspecified atom stereocenters. The third kappa shape index (κ3) is 2.62. The number of allylic oxidation sites excluding steroid dienone is 2. The number of ketones is 1. The van der Waals surface area contributed by atoms with Gasteiger partial charge in [0, 0.05) is 17.7 Å². The number of carbonyl (C=O) groups is 2. The first-order valence-corrected chi connectivity index (χ1v) is 8.94. The topological polar surface area (TPSA) is 73.2 Å². The van der Waals surface area contributed by atoms with E-state index in [1.165, 1.54) is 6.20 Å². The number of esters is 1. The molecule has 1 aliphatic heterocycles. The van der Waals surface area contributed by atoms with E-state index in [2.05, 4.69) is 10.4 Å². The Bertz CT molecular complexity index is 909. The average Bonchev–Trinajstić information content (AvgIpc) is 3.05. The van der Waals surface area contributed by atoms with Crippen LogP contribution in [0.25, 0.3) is 0 Å². The lowest BCUT2D eigenvalue weighted by atomic mass is 9.85. The fourth-order valence-electron chi connectivity index (χ4n) is 3.67. The number of anilines is 1. The smallest absolute Gasteiger partial charge is 0.343 e. The third-order valence-corrected chi connectivity index (χ3v) is 4.93. The first-order valence-electron chi connectivity index (χ1n) is 8.94. The van der Waals surface area contributed by atoms with Gasteiger partial charge in [0.15, 0.2) is 5.78 Å². The van der Waals surface area contributed by atoms with Crippen LogP contribution in [0.5, 0.6) is 0 Å². The van der Waals surface area contributed by atoms with Gasteiger partial charge in [-0.15, -0.1) is 0 Å². The summed E-state index contributed by atoms with van der Waals surface area (Å²) in [6.45, 7) is 4.11. The van der Waals surface area contributed by atoms with Crippen LogP contribution in [0.1, 0.15) is 53.7 Å². The van der Waals surface area contributed by atoms with Gasteiger partial charge < -0.3 is 10.1 Å². The zero-order chi connectivity index (χ0) is 18.3. The molecule has 1 atom stereocenters. The second-order valence-corrected chi connectivity index (χ2v) is 6.68. The Morgan fingerprint density at radius 3 is 2.81 bits per heavy atom. The molecule has 2 aromatic rings. The standard InChI is InChI=1S/C20H21N3O3/c1-3-26-20(25)14-11-21-23-18(13-9-7-12(2)8-10-13)17-15(22-19(14)23)5-4-6-16(17)24/h7-11,18,22H,3-6H2,1-2H3. The van der Waals surface area contributed by atoms with Gasteiger partial charge in [-0.3, -0.25) is 4.79 Å². The summed E-state index contributed by atoms with van der Waals surface area (Å²) >= 11 is 0. The van der Waals surface area contributed by atoms with E-state index >= 15 is 0 Å². The quantitative estimate of drug-likeness (QED) is 0.858. The van der Waals surface area contributed by atoms with Gasteiger partial charge in [0.05, 0.1) is 12.8 Å². The number of hydrogen-bond donors (Lipinski definition) is 1. The normalized spacial score (nSPS) is 18.8. The first-order chi connectivity index (χ1) is 12.6. The van der Waals surface area contributed by atoms with Crippen molar-refractivity contribution in [1.82, 2.24) is 9.78 Å². The van der Waals surface area contributed by atoms with Crippen molar-refractivity contribution in [2.24, 2.45) is 0 Å². The van der Waals surface area contributed by atoms with E-state index in [0.717, 1.165) is 35.2 Å². The molecule has 6 nitrogen and oxygen atoms in total. The lowest BCUT2D eigenvalue weighted by molar-refractivity contribution is -0.116. The van der Waals surface area contributed by atoms with E-state index < -0.39 is 5.97 Å². The summed E-state index contributed by atoms with van der Waals surface area (Å²) in [5, 5.41) is 7.72. The maximum atomic E-state index is 12.7. The van der Waals surface area contributed by atoms with E-state index in [1.54, 1.807) is 11.6 Å². The van der Waals surface area contributed by atoms with Crippen LogP contribution in [0, 0.1) is 6.92 Å². The summed E-state index contributed by atoms with van der Waals surface area (Å²) in [7, 11) is 0. The number of ether oxygens (including phenoxy) is 1. The SMILES string of the molecule is CCOC(=O)c1cnn2c1NC1=C(C(=O)CCC1)C2c1ccc(C)cc1. The number of aromatic nitrogens is 2. The predicted molar refractivity (Wildman–Crippen MR) is 97.0 cm³/mol. The monoisotopic (exact) mass is 351 g/mol. The van der Waals surface area contributed by atoms with E-state index in [9.17, 15) is 9.59 Å². The van der Waals surface area contributed by atoms with Crippen LogP contribution in [-0.4, -0.2) is 28.1 Å². The number of carbonyl (C=O) groups excluding carboxylic acids is 2. The van der Waals surface area contributed by atoms with Gasteiger partial charge in [-0.2, -0.15) is 5.10 Å². The molecule has 0 saturated carbocycles. The van der Waals surface area contributed by atoms with Gasteiger partial charge in [0.25, 0.3) is 0 Å². The van der Waals surface area contributed by atoms with Gasteiger partial charge in [0.2, 0.25) is 0 Å². The van der Waals surface area contributed by atoms with Crippen LogP contribution >= 0.6 is 0 Å². The van der Waals surface area contributed by atoms with Gasteiger partial charge in [-0.05, 0) is 32.3 Å². The summed E-state index contributed by atoms with van der Waals surface area (Å²) in [6, 6.07) is 7.78. The summed E-state index contributed by atoms with van der Waals surface area (Å²) in [6.07, 6.45) is 3.67. The zero-order valence-electron chi connectivity index (χ0n) is 14.9. The number of Topliss-reactive ketones (excluding diaryl/α,β-unsaturated/α-hetero) is 1. The predicted octanol–water partition coefficient (Wildman–Crippen LogP) is 3.39. The largest absolute Gasteiger partial charge is 0.462 e. The molecule has 0 radical (unpaired) electrons. The van der Waals surface area contributed by atoms with Crippen molar-refractivity contribution in [3.63, 3.8) is 0 Å². The molecule has 1 aromatic carbocycles. The molecule has 0 spiro atoms. The Kier molecular flexibility index (Phi) is 4.11. The van der Waals surface area contributed by atoms with Crippen LogP contribution in [0.3, 0.4) is 0 Å². The maximum Gasteiger partial charge on any atom is 0.343 e. The van der Waals surface area contributed by atoms with Gasteiger partial charge in [0.1, 0.15) is 17.4 Å². The highest BCUT2D eigenvalue weighted by Gasteiger charge is 2.37. The summed E-state index contributed by atoms with van der Waals surface area (Å²) < 4.78 is 6.89. The molecule has 2 aliphatic rings. The number of rotatable bonds is 3. The van der Waals surface area contributed by atoms with Gasteiger partial charge in [-0.25, -0.2) is 9.48 Å². The van der Waals surface area contributed by atoms with Crippen LogP contribution < -0.4 is 5.32 Å². The Balaban J connectivity index is 1.87. The zero-order valence-corrected chi connectivity index (χ0v) is 14.9. The lowest BCUT2D eigenvalue weighted by Gasteiger charge is -2.33. The molecule has 0 bridgehead atoms. The molecular weight excluding hydrogens is 330 g/mol. The number of hydrogen-bond acceptors (Lipinski definition) is 5. The second kappa shape index (κ2) is 6.44. The van der Waals surface area contributed by atoms with Crippen LogP contribution in [0.4, 0.5) is 5.82 Å². The van der Waals surface area contributed by atoms with Crippen molar-refractivity contribution in [3.05, 3.63) is 58.4 Å². The fourth-order valence-corrected chi connectivity index (χ4v) is 3.67. The van der Waals surface area contributed by atoms with E-state index in [4.69, 9.17) is 4.74 Å². The van der Waals surface area contributed by atoms with Crippen molar-refractivity contribution in [2.75, 3.05) is 11.9 Å². The maximum absolute atomic E-state index is 12.7. The minimum Gasteiger partial charge on any atom is -0.462 e. The molecule has 0 saturated heterocycles. The molecular formula is C20H21N3O3. The first kappa shape index (κ1) is 16.6. The summed E-state index contributed by atoms with van der Waals surface area (Å²) in [4.78, 5) is 25.0. The molecule has 1 N–H and O–H groups in total. The van der Waals surface area contributed by atoms with Crippen LogP contribution in [-0.2, 0) is 9.53 Å². The number of fused-ring (bicyclic) bond motifs is 1.